The number of carbonyl (C=O) groups excluding carboxylic acids is 1. The van der Waals surface area contributed by atoms with Gasteiger partial charge in [-0.2, -0.15) is 0 Å². The lowest BCUT2D eigenvalue weighted by atomic mass is 10.1. The van der Waals surface area contributed by atoms with Crippen molar-refractivity contribution in [1.29, 1.82) is 0 Å². The molecule has 0 saturated carbocycles. The second kappa shape index (κ2) is 9.28. The zero-order chi connectivity index (χ0) is 21.8. The van der Waals surface area contributed by atoms with Crippen molar-refractivity contribution in [2.45, 2.75) is 6.92 Å². The number of ether oxygens (including phenoxy) is 1. The summed E-state index contributed by atoms with van der Waals surface area (Å²) in [6.45, 7) is 1.52. The van der Waals surface area contributed by atoms with Crippen molar-refractivity contribution in [1.82, 2.24) is 10.3 Å². The highest BCUT2D eigenvalue weighted by Gasteiger charge is 2.19. The molecular formula is C19H15BrN4O4S2. The van der Waals surface area contributed by atoms with Crippen LogP contribution in [0, 0.1) is 17.0 Å². The summed E-state index contributed by atoms with van der Waals surface area (Å²) < 4.78 is 6.03. The number of nitro benzene ring substituents is 1. The molecule has 0 unspecified atom stereocenters. The summed E-state index contributed by atoms with van der Waals surface area (Å²) in [5, 5.41) is 18.8. The number of hydrogen-bond acceptors (Lipinski definition) is 7. The summed E-state index contributed by atoms with van der Waals surface area (Å²) in [6.07, 6.45) is 0. The molecule has 0 spiro atoms. The number of hydrogen-bond donors (Lipinski definition) is 2. The second-order valence-electron chi connectivity index (χ2n) is 6.00. The van der Waals surface area contributed by atoms with E-state index < -0.39 is 10.8 Å². The van der Waals surface area contributed by atoms with Gasteiger partial charge in [-0.25, -0.2) is 4.98 Å². The molecule has 1 amide bonds. The van der Waals surface area contributed by atoms with E-state index in [2.05, 4.69) is 31.5 Å². The Labute approximate surface area is 189 Å². The topological polar surface area (TPSA) is 106 Å². The molecule has 1 heterocycles. The number of rotatable bonds is 5. The van der Waals surface area contributed by atoms with E-state index in [-0.39, 0.29) is 21.9 Å². The highest BCUT2D eigenvalue weighted by molar-refractivity contribution is 9.10. The number of amides is 1. The standard InChI is InChI=1S/C19H15BrN4O4S2/c1-10-12(4-3-5-15(10)24(26)27)17(25)22-18(29)23-19-21-14(9-30-19)11-6-7-16(28-2)13(20)8-11/h3-9H,1-2H3,(H2,21,22,23,25,29). The van der Waals surface area contributed by atoms with Crippen LogP contribution in [0.5, 0.6) is 5.75 Å². The van der Waals surface area contributed by atoms with E-state index in [0.717, 1.165) is 15.7 Å². The number of nitro groups is 1. The van der Waals surface area contributed by atoms with Crippen LogP contribution in [-0.2, 0) is 0 Å². The molecule has 8 nitrogen and oxygen atoms in total. The maximum atomic E-state index is 12.5. The largest absolute Gasteiger partial charge is 0.496 e. The normalized spacial score (nSPS) is 10.4. The van der Waals surface area contributed by atoms with Crippen LogP contribution in [0.15, 0.2) is 46.3 Å². The van der Waals surface area contributed by atoms with E-state index in [9.17, 15) is 14.9 Å². The first-order chi connectivity index (χ1) is 14.3. The first-order valence-electron chi connectivity index (χ1n) is 8.46. The molecule has 2 aromatic carbocycles. The Bertz CT molecular complexity index is 1150. The number of benzene rings is 2. The predicted molar refractivity (Wildman–Crippen MR) is 123 cm³/mol. The second-order valence-corrected chi connectivity index (χ2v) is 8.12. The van der Waals surface area contributed by atoms with Crippen molar-refractivity contribution in [2.75, 3.05) is 12.4 Å². The third-order valence-electron chi connectivity index (χ3n) is 4.15. The van der Waals surface area contributed by atoms with Gasteiger partial charge in [-0.15, -0.1) is 11.3 Å². The van der Waals surface area contributed by atoms with E-state index in [1.165, 1.54) is 36.5 Å². The summed E-state index contributed by atoms with van der Waals surface area (Å²) in [5.74, 6) is 0.178. The number of thiocarbonyl (C=S) groups is 1. The molecule has 3 aromatic rings. The van der Waals surface area contributed by atoms with E-state index in [4.69, 9.17) is 17.0 Å². The Morgan fingerprint density at radius 1 is 1.33 bits per heavy atom. The van der Waals surface area contributed by atoms with Crippen molar-refractivity contribution in [2.24, 2.45) is 0 Å². The highest BCUT2D eigenvalue weighted by atomic mass is 79.9. The fourth-order valence-electron chi connectivity index (χ4n) is 2.66. The number of thiazole rings is 1. The summed E-state index contributed by atoms with van der Waals surface area (Å²) in [5.41, 5.74) is 1.93. The lowest BCUT2D eigenvalue weighted by Crippen LogP contribution is -2.34. The first-order valence-corrected chi connectivity index (χ1v) is 10.5. The van der Waals surface area contributed by atoms with Gasteiger partial charge in [0.05, 0.1) is 22.2 Å². The SMILES string of the molecule is COc1ccc(-c2csc(NC(=S)NC(=O)c3cccc([N+](=O)[O-])c3C)n2)cc1Br. The molecule has 30 heavy (non-hydrogen) atoms. The van der Waals surface area contributed by atoms with Gasteiger partial charge in [0.15, 0.2) is 10.2 Å². The lowest BCUT2D eigenvalue weighted by Gasteiger charge is -2.09. The number of carbonyl (C=O) groups is 1. The van der Waals surface area contributed by atoms with Gasteiger partial charge in [-0.1, -0.05) is 6.07 Å². The number of halogens is 1. The molecule has 0 saturated heterocycles. The quantitative estimate of drug-likeness (QED) is 0.287. The first kappa shape index (κ1) is 21.8. The minimum Gasteiger partial charge on any atom is -0.496 e. The Balaban J connectivity index is 1.69. The maximum absolute atomic E-state index is 12.5. The molecule has 0 fully saturated rings. The van der Waals surface area contributed by atoms with Gasteiger partial charge in [0.2, 0.25) is 0 Å². The van der Waals surface area contributed by atoms with Crippen molar-refractivity contribution < 1.29 is 14.5 Å². The average Bonchev–Trinajstić information content (AvgIpc) is 3.16. The average molecular weight is 507 g/mol. The van der Waals surface area contributed by atoms with Gasteiger partial charge in [0, 0.05) is 28.1 Å². The molecule has 1 aromatic heterocycles. The monoisotopic (exact) mass is 506 g/mol. The molecule has 0 aliphatic heterocycles. The molecule has 3 rings (SSSR count). The third kappa shape index (κ3) is 4.81. The van der Waals surface area contributed by atoms with Crippen LogP contribution in [0.25, 0.3) is 11.3 Å². The zero-order valence-electron chi connectivity index (χ0n) is 15.8. The number of methoxy groups -OCH3 is 1. The van der Waals surface area contributed by atoms with Gasteiger partial charge in [-0.3, -0.25) is 20.2 Å². The van der Waals surface area contributed by atoms with Crippen molar-refractivity contribution in [3.05, 3.63) is 67.5 Å². The molecule has 0 bridgehead atoms. The Kier molecular flexibility index (Phi) is 6.75. The van der Waals surface area contributed by atoms with E-state index in [0.29, 0.717) is 10.9 Å². The number of nitrogens with one attached hydrogen (secondary N) is 2. The van der Waals surface area contributed by atoms with Crippen LogP contribution >= 0.6 is 39.5 Å². The number of nitrogens with zero attached hydrogens (tertiary/aromatic N) is 2. The fourth-order valence-corrected chi connectivity index (χ4v) is 4.17. The van der Waals surface area contributed by atoms with Crippen molar-refractivity contribution in [3.8, 4) is 17.0 Å². The summed E-state index contributed by atoms with van der Waals surface area (Å²) in [4.78, 5) is 27.5. The summed E-state index contributed by atoms with van der Waals surface area (Å²) >= 11 is 9.95. The molecule has 0 aliphatic rings. The minimum atomic E-state index is -0.537. The molecule has 0 radical (unpaired) electrons. The Hall–Kier alpha value is -2.89. The van der Waals surface area contributed by atoms with Gasteiger partial charge in [0.25, 0.3) is 11.6 Å². The van der Waals surface area contributed by atoms with Gasteiger partial charge < -0.3 is 10.1 Å². The van der Waals surface area contributed by atoms with E-state index >= 15 is 0 Å². The smallest absolute Gasteiger partial charge is 0.273 e. The number of aromatic nitrogens is 1. The van der Waals surface area contributed by atoms with Crippen molar-refractivity contribution >= 4 is 61.3 Å². The van der Waals surface area contributed by atoms with Gasteiger partial charge in [-0.05, 0) is 59.3 Å². The molecule has 0 aliphatic carbocycles. The molecule has 2 N–H and O–H groups in total. The van der Waals surface area contributed by atoms with Crippen LogP contribution < -0.4 is 15.4 Å². The Morgan fingerprint density at radius 2 is 2.10 bits per heavy atom. The van der Waals surface area contributed by atoms with Crippen LogP contribution in [0.4, 0.5) is 10.8 Å². The predicted octanol–water partition coefficient (Wildman–Crippen LogP) is 4.92. The minimum absolute atomic E-state index is 0.0442. The molecule has 0 atom stereocenters. The highest BCUT2D eigenvalue weighted by Crippen LogP contribution is 2.32. The summed E-state index contributed by atoms with van der Waals surface area (Å²) in [7, 11) is 1.59. The summed E-state index contributed by atoms with van der Waals surface area (Å²) in [6, 6.07) is 9.91. The molecule has 11 heteroatoms. The van der Waals surface area contributed by atoms with E-state index in [1.807, 2.05) is 23.6 Å². The van der Waals surface area contributed by atoms with E-state index in [1.54, 1.807) is 7.11 Å². The van der Waals surface area contributed by atoms with Crippen LogP contribution in [0.3, 0.4) is 0 Å². The zero-order valence-corrected chi connectivity index (χ0v) is 19.0. The van der Waals surface area contributed by atoms with Crippen molar-refractivity contribution in [3.63, 3.8) is 0 Å². The van der Waals surface area contributed by atoms with Gasteiger partial charge in [0.1, 0.15) is 5.75 Å². The fraction of sp³-hybridized carbons (Fsp3) is 0.105. The maximum Gasteiger partial charge on any atom is 0.273 e. The Morgan fingerprint density at radius 3 is 2.77 bits per heavy atom. The number of anilines is 1. The van der Waals surface area contributed by atoms with Crippen LogP contribution in [-0.4, -0.2) is 28.0 Å². The lowest BCUT2D eigenvalue weighted by molar-refractivity contribution is -0.385. The van der Waals surface area contributed by atoms with Gasteiger partial charge >= 0.3 is 0 Å². The van der Waals surface area contributed by atoms with Crippen LogP contribution in [0.2, 0.25) is 0 Å². The molecular weight excluding hydrogens is 492 g/mol. The molecule has 154 valence electrons. The third-order valence-corrected chi connectivity index (χ3v) is 5.73. The van der Waals surface area contributed by atoms with Crippen LogP contribution in [0.1, 0.15) is 15.9 Å².